The first-order chi connectivity index (χ1) is 7.70. The molecule has 1 amide bonds. The van der Waals surface area contributed by atoms with Crippen LogP contribution in [-0.2, 0) is 0 Å². The van der Waals surface area contributed by atoms with E-state index in [1.165, 1.54) is 17.4 Å². The summed E-state index contributed by atoms with van der Waals surface area (Å²) in [5, 5.41) is 7.98. The lowest BCUT2D eigenvalue weighted by molar-refractivity contribution is 0.0997. The Kier molecular flexibility index (Phi) is 3.12. The highest BCUT2D eigenvalue weighted by Gasteiger charge is 2.15. The topological polar surface area (TPSA) is 67.2 Å². The van der Waals surface area contributed by atoms with Crippen LogP contribution in [0.1, 0.15) is 10.6 Å². The lowest BCUT2D eigenvalue weighted by Crippen LogP contribution is -2.10. The fourth-order valence-corrected chi connectivity index (χ4v) is 1.85. The Balaban J connectivity index is 2.15. The molecule has 84 valence electrons. The van der Waals surface area contributed by atoms with Crippen molar-refractivity contribution in [3.05, 3.63) is 28.4 Å². The van der Waals surface area contributed by atoms with E-state index in [0.717, 1.165) is 0 Å². The molecule has 0 fully saturated rings. The van der Waals surface area contributed by atoms with Crippen molar-refractivity contribution in [2.75, 3.05) is 17.7 Å². The summed E-state index contributed by atoms with van der Waals surface area (Å²) in [6.07, 6.45) is 1.61. The highest BCUT2D eigenvalue weighted by atomic mass is 35.5. The normalized spacial score (nSPS) is 10.1. The van der Waals surface area contributed by atoms with Crippen molar-refractivity contribution < 1.29 is 9.21 Å². The van der Waals surface area contributed by atoms with E-state index >= 15 is 0 Å². The zero-order chi connectivity index (χ0) is 11.5. The van der Waals surface area contributed by atoms with E-state index in [-0.39, 0.29) is 11.7 Å². The molecule has 7 heteroatoms. The van der Waals surface area contributed by atoms with Crippen molar-refractivity contribution in [3.63, 3.8) is 0 Å². The second-order valence-corrected chi connectivity index (χ2v) is 4.13. The second-order valence-electron chi connectivity index (χ2n) is 2.83. The Labute approximate surface area is 100 Å². The molecule has 0 saturated carbocycles. The van der Waals surface area contributed by atoms with E-state index in [2.05, 4.69) is 15.6 Å². The predicted molar refractivity (Wildman–Crippen MR) is 63.3 cm³/mol. The molecule has 16 heavy (non-hydrogen) atoms. The lowest BCUT2D eigenvalue weighted by atomic mass is 10.4. The van der Waals surface area contributed by atoms with Gasteiger partial charge in [0.2, 0.25) is 5.88 Å². The van der Waals surface area contributed by atoms with Crippen LogP contribution >= 0.6 is 22.9 Å². The van der Waals surface area contributed by atoms with Crippen LogP contribution in [0.25, 0.3) is 0 Å². The Hall–Kier alpha value is -1.53. The van der Waals surface area contributed by atoms with Crippen LogP contribution in [0.2, 0.25) is 5.02 Å². The highest BCUT2D eigenvalue weighted by molar-refractivity contribution is 7.13. The lowest BCUT2D eigenvalue weighted by Gasteiger charge is -1.97. The number of anilines is 2. The minimum Gasteiger partial charge on any atom is -0.434 e. The van der Waals surface area contributed by atoms with Gasteiger partial charge in [0.05, 0.1) is 0 Å². The van der Waals surface area contributed by atoms with Crippen molar-refractivity contribution >= 4 is 39.9 Å². The molecule has 0 spiro atoms. The van der Waals surface area contributed by atoms with Gasteiger partial charge in [-0.05, 0) is 0 Å². The Morgan fingerprint density at radius 1 is 1.62 bits per heavy atom. The maximum atomic E-state index is 11.7. The summed E-state index contributed by atoms with van der Waals surface area (Å²) in [5.41, 5.74) is 0. The number of amides is 1. The van der Waals surface area contributed by atoms with Crippen LogP contribution in [0, 0.1) is 0 Å². The van der Waals surface area contributed by atoms with Crippen molar-refractivity contribution in [1.82, 2.24) is 4.98 Å². The highest BCUT2D eigenvalue weighted by Crippen LogP contribution is 2.26. The molecule has 0 bridgehead atoms. The zero-order valence-electron chi connectivity index (χ0n) is 8.28. The van der Waals surface area contributed by atoms with Crippen molar-refractivity contribution in [2.24, 2.45) is 0 Å². The average molecular weight is 258 g/mol. The summed E-state index contributed by atoms with van der Waals surface area (Å²) in [6, 6.07) is 1.45. The molecule has 0 aromatic carbocycles. The molecule has 0 aliphatic rings. The number of furan rings is 1. The first-order valence-electron chi connectivity index (χ1n) is 4.38. The monoisotopic (exact) mass is 257 g/mol. The van der Waals surface area contributed by atoms with Crippen LogP contribution in [0.15, 0.2) is 22.1 Å². The van der Waals surface area contributed by atoms with Gasteiger partial charge in [-0.25, -0.2) is 4.98 Å². The molecule has 2 aromatic heterocycles. The number of carbonyl (C=O) groups is 1. The average Bonchev–Trinajstić information content (AvgIpc) is 2.87. The van der Waals surface area contributed by atoms with Gasteiger partial charge in [0.1, 0.15) is 5.02 Å². The first-order valence-corrected chi connectivity index (χ1v) is 5.64. The summed E-state index contributed by atoms with van der Waals surface area (Å²) in [7, 11) is 1.66. The minimum absolute atomic E-state index is 0.143. The van der Waals surface area contributed by atoms with Crippen LogP contribution < -0.4 is 10.6 Å². The molecule has 0 aliphatic carbocycles. The number of thiazole rings is 1. The Bertz CT molecular complexity index is 495. The molecule has 2 N–H and O–H groups in total. The molecule has 5 nitrogen and oxygen atoms in total. The van der Waals surface area contributed by atoms with E-state index in [9.17, 15) is 4.79 Å². The van der Waals surface area contributed by atoms with Crippen molar-refractivity contribution in [2.45, 2.75) is 0 Å². The third-order valence-electron chi connectivity index (χ3n) is 1.79. The van der Waals surface area contributed by atoms with E-state index in [0.29, 0.717) is 16.0 Å². The van der Waals surface area contributed by atoms with Crippen LogP contribution in [-0.4, -0.2) is 17.9 Å². The number of aromatic nitrogens is 1. The van der Waals surface area contributed by atoms with Gasteiger partial charge in [-0.15, -0.1) is 11.3 Å². The number of carbonyl (C=O) groups excluding carboxylic acids is 1. The third kappa shape index (κ3) is 2.17. The summed E-state index contributed by atoms with van der Waals surface area (Å²) < 4.78 is 5.20. The summed E-state index contributed by atoms with van der Waals surface area (Å²) in [6.45, 7) is 0. The van der Waals surface area contributed by atoms with Crippen molar-refractivity contribution in [3.8, 4) is 0 Å². The zero-order valence-corrected chi connectivity index (χ0v) is 9.85. The number of rotatable bonds is 3. The second kappa shape index (κ2) is 4.54. The maximum absolute atomic E-state index is 11.7. The van der Waals surface area contributed by atoms with Gasteiger partial charge in [0.15, 0.2) is 10.9 Å². The van der Waals surface area contributed by atoms with Crippen LogP contribution in [0.4, 0.5) is 11.0 Å². The van der Waals surface area contributed by atoms with Gasteiger partial charge < -0.3 is 9.73 Å². The van der Waals surface area contributed by atoms with E-state index < -0.39 is 0 Å². The molecule has 0 unspecified atom stereocenters. The summed E-state index contributed by atoms with van der Waals surface area (Å²) in [5.74, 6) is 0.133. The van der Waals surface area contributed by atoms with Crippen molar-refractivity contribution in [1.29, 1.82) is 0 Å². The maximum Gasteiger partial charge on any atom is 0.293 e. The van der Waals surface area contributed by atoms with Gasteiger partial charge in [-0.3, -0.25) is 10.1 Å². The van der Waals surface area contributed by atoms with Gasteiger partial charge in [-0.1, -0.05) is 11.6 Å². The smallest absolute Gasteiger partial charge is 0.293 e. The Morgan fingerprint density at radius 2 is 2.44 bits per heavy atom. The molecule has 0 aliphatic heterocycles. The largest absolute Gasteiger partial charge is 0.434 e. The summed E-state index contributed by atoms with van der Waals surface area (Å²) >= 11 is 7.15. The van der Waals surface area contributed by atoms with Gasteiger partial charge >= 0.3 is 0 Å². The fourth-order valence-electron chi connectivity index (χ4n) is 1.10. The van der Waals surface area contributed by atoms with E-state index in [1.54, 1.807) is 18.6 Å². The molecular weight excluding hydrogens is 250 g/mol. The van der Waals surface area contributed by atoms with E-state index in [4.69, 9.17) is 16.0 Å². The Morgan fingerprint density at radius 3 is 3.00 bits per heavy atom. The quantitative estimate of drug-likeness (QED) is 0.887. The number of nitrogens with zero attached hydrogens (tertiary/aromatic N) is 1. The minimum atomic E-state index is -0.377. The molecule has 2 heterocycles. The fraction of sp³-hybridized carbons (Fsp3) is 0.111. The molecule has 0 radical (unpaired) electrons. The molecule has 2 aromatic rings. The summed E-state index contributed by atoms with van der Waals surface area (Å²) in [4.78, 5) is 15.6. The standard InChI is InChI=1S/C9H8ClN3O2S/c1-11-8-5(10)4-6(15-8)7(14)13-9-12-2-3-16-9/h2-4,11H,1H3,(H,12,13,14). The third-order valence-corrected chi connectivity index (χ3v) is 2.76. The number of nitrogens with one attached hydrogen (secondary N) is 2. The molecule has 2 rings (SSSR count). The number of halogens is 1. The van der Waals surface area contributed by atoms with Gasteiger partial charge in [0, 0.05) is 24.7 Å². The van der Waals surface area contributed by atoms with E-state index in [1.807, 2.05) is 0 Å². The predicted octanol–water partition coefficient (Wildman–Crippen LogP) is 2.68. The van der Waals surface area contributed by atoms with Crippen LogP contribution in [0.5, 0.6) is 0 Å². The van der Waals surface area contributed by atoms with Crippen LogP contribution in [0.3, 0.4) is 0 Å². The SMILES string of the molecule is CNc1oc(C(=O)Nc2nccs2)cc1Cl. The number of hydrogen-bond acceptors (Lipinski definition) is 5. The van der Waals surface area contributed by atoms with Gasteiger partial charge in [0.25, 0.3) is 5.91 Å². The molecular formula is C9H8ClN3O2S. The van der Waals surface area contributed by atoms with Gasteiger partial charge in [-0.2, -0.15) is 0 Å². The molecule has 0 atom stereocenters. The number of hydrogen-bond donors (Lipinski definition) is 2. The molecule has 0 saturated heterocycles. The first kappa shape index (κ1) is 11.0.